The highest BCUT2D eigenvalue weighted by atomic mass is 35.5. The lowest BCUT2D eigenvalue weighted by molar-refractivity contribution is -0.143. The van der Waals surface area contributed by atoms with Gasteiger partial charge in [-0.15, -0.1) is 0 Å². The van der Waals surface area contributed by atoms with Crippen LogP contribution in [0.2, 0.25) is 5.02 Å². The number of hydroxylamine groups is 1. The summed E-state index contributed by atoms with van der Waals surface area (Å²) in [5.41, 5.74) is 4.81. The van der Waals surface area contributed by atoms with Gasteiger partial charge in [-0.05, 0) is 42.2 Å². The molecule has 0 unspecified atom stereocenters. The van der Waals surface area contributed by atoms with E-state index in [-0.39, 0.29) is 11.8 Å². The molecule has 0 saturated carbocycles. The molecule has 0 aliphatic rings. The first kappa shape index (κ1) is 28.1. The molecule has 2 amide bonds. The number of amides is 2. The smallest absolute Gasteiger partial charge is 0.243 e. The quantitative estimate of drug-likeness (QED) is 0.104. The van der Waals surface area contributed by atoms with E-state index in [1.54, 1.807) is 0 Å². The van der Waals surface area contributed by atoms with E-state index in [1.807, 2.05) is 115 Å². The number of nitrogens with one attached hydrogen (secondary N) is 2. The maximum atomic E-state index is 12.9. The number of hydrogen-bond acceptors (Lipinski definition) is 3. The van der Waals surface area contributed by atoms with Crippen molar-refractivity contribution in [1.29, 1.82) is 0 Å². The number of benzene rings is 4. The summed E-state index contributed by atoms with van der Waals surface area (Å²) in [4.78, 5) is 31.3. The zero-order valence-electron chi connectivity index (χ0n) is 21.8. The van der Waals surface area contributed by atoms with Crippen LogP contribution in [0.5, 0.6) is 0 Å². The van der Waals surface area contributed by atoms with Crippen molar-refractivity contribution < 1.29 is 14.4 Å². The minimum Gasteiger partial charge on any atom is -0.326 e. The van der Waals surface area contributed by atoms with Gasteiger partial charge in [0.15, 0.2) is 5.60 Å². The Kier molecular flexibility index (Phi) is 10.3. The normalized spacial score (nSPS) is 11.1. The summed E-state index contributed by atoms with van der Waals surface area (Å²) in [5.74, 6) is -0.204. The maximum absolute atomic E-state index is 12.9. The van der Waals surface area contributed by atoms with Crippen LogP contribution in [0.1, 0.15) is 55.2 Å². The standard InChI is InChI=1S/C33H33ClN2O3/c34-30-23-15-14-22-29(30)33(26-16-6-3-7-17-26,27-18-8-4-9-19-27)39-36-32(38)25-13-2-1-12-24-31(37)35-28-20-10-5-11-21-28/h3-11,14-23H,1-2,12-13,24-25H2,(H,35,37)(H,36,38). The molecular weight excluding hydrogens is 508 g/mol. The van der Waals surface area contributed by atoms with Crippen molar-refractivity contribution in [2.24, 2.45) is 0 Å². The topological polar surface area (TPSA) is 67.4 Å². The van der Waals surface area contributed by atoms with Gasteiger partial charge in [0.25, 0.3) is 0 Å². The summed E-state index contributed by atoms with van der Waals surface area (Å²) in [6.45, 7) is 0. The van der Waals surface area contributed by atoms with Gasteiger partial charge in [-0.1, -0.05) is 122 Å². The van der Waals surface area contributed by atoms with Crippen molar-refractivity contribution in [3.63, 3.8) is 0 Å². The Bertz CT molecular complexity index is 1290. The third-order valence-corrected chi connectivity index (χ3v) is 6.88. The summed E-state index contributed by atoms with van der Waals surface area (Å²) in [6, 6.07) is 36.5. The minimum absolute atomic E-state index is 0.00470. The highest BCUT2D eigenvalue weighted by Crippen LogP contribution is 2.42. The summed E-state index contributed by atoms with van der Waals surface area (Å²) >= 11 is 6.70. The van der Waals surface area contributed by atoms with E-state index in [9.17, 15) is 9.59 Å². The number of para-hydroxylation sites is 1. The molecule has 6 heteroatoms. The molecule has 0 saturated heterocycles. The molecular formula is C33H33ClN2O3. The van der Waals surface area contributed by atoms with Gasteiger partial charge in [0.05, 0.1) is 0 Å². The second kappa shape index (κ2) is 14.3. The number of anilines is 1. The van der Waals surface area contributed by atoms with Crippen LogP contribution in [0.4, 0.5) is 5.69 Å². The summed E-state index contributed by atoms with van der Waals surface area (Å²) in [5, 5.41) is 3.43. The predicted molar refractivity (Wildman–Crippen MR) is 156 cm³/mol. The lowest BCUT2D eigenvalue weighted by Gasteiger charge is -2.35. The summed E-state index contributed by atoms with van der Waals surface area (Å²) in [6.07, 6.45) is 3.96. The monoisotopic (exact) mass is 540 g/mol. The highest BCUT2D eigenvalue weighted by Gasteiger charge is 2.40. The number of carbonyl (C=O) groups excluding carboxylic acids is 2. The molecule has 0 bridgehead atoms. The first-order valence-electron chi connectivity index (χ1n) is 13.3. The number of hydrogen-bond donors (Lipinski definition) is 2. The third kappa shape index (κ3) is 7.56. The van der Waals surface area contributed by atoms with Crippen molar-refractivity contribution in [3.8, 4) is 0 Å². The van der Waals surface area contributed by atoms with E-state index in [2.05, 4.69) is 10.8 Å². The van der Waals surface area contributed by atoms with E-state index in [0.717, 1.165) is 41.6 Å². The average molecular weight is 541 g/mol. The first-order chi connectivity index (χ1) is 19.1. The molecule has 0 fully saturated rings. The molecule has 0 aromatic heterocycles. The second-order valence-corrected chi connectivity index (χ2v) is 9.76. The lowest BCUT2D eigenvalue weighted by Crippen LogP contribution is -2.40. The Hall–Kier alpha value is -3.93. The average Bonchev–Trinajstić information content (AvgIpc) is 2.97. The second-order valence-electron chi connectivity index (χ2n) is 9.35. The third-order valence-electron chi connectivity index (χ3n) is 6.55. The van der Waals surface area contributed by atoms with Crippen LogP contribution >= 0.6 is 11.6 Å². The van der Waals surface area contributed by atoms with Gasteiger partial charge in [-0.3, -0.25) is 14.4 Å². The molecule has 0 radical (unpaired) electrons. The number of rotatable bonds is 13. The molecule has 4 rings (SSSR count). The Morgan fingerprint density at radius 1 is 0.615 bits per heavy atom. The molecule has 0 spiro atoms. The van der Waals surface area contributed by atoms with Gasteiger partial charge in [0, 0.05) is 29.1 Å². The fraction of sp³-hybridized carbons (Fsp3) is 0.212. The Balaban J connectivity index is 1.36. The van der Waals surface area contributed by atoms with Crippen LogP contribution in [0.15, 0.2) is 115 Å². The number of carbonyl (C=O) groups is 2. The predicted octanol–water partition coefficient (Wildman–Crippen LogP) is 7.66. The van der Waals surface area contributed by atoms with Crippen molar-refractivity contribution >= 4 is 29.1 Å². The van der Waals surface area contributed by atoms with Gasteiger partial charge in [0.1, 0.15) is 0 Å². The van der Waals surface area contributed by atoms with Gasteiger partial charge >= 0.3 is 0 Å². The molecule has 4 aromatic carbocycles. The molecule has 39 heavy (non-hydrogen) atoms. The van der Waals surface area contributed by atoms with Crippen LogP contribution in [-0.2, 0) is 20.0 Å². The molecule has 2 N–H and O–H groups in total. The van der Waals surface area contributed by atoms with Gasteiger partial charge in [-0.25, -0.2) is 5.48 Å². The van der Waals surface area contributed by atoms with E-state index in [4.69, 9.17) is 16.4 Å². The molecule has 200 valence electrons. The zero-order valence-corrected chi connectivity index (χ0v) is 22.6. The van der Waals surface area contributed by atoms with Gasteiger partial charge in [-0.2, -0.15) is 0 Å². The van der Waals surface area contributed by atoms with Gasteiger partial charge < -0.3 is 5.32 Å². The van der Waals surface area contributed by atoms with E-state index < -0.39 is 5.60 Å². The maximum Gasteiger partial charge on any atom is 0.243 e. The van der Waals surface area contributed by atoms with Crippen LogP contribution in [-0.4, -0.2) is 11.8 Å². The van der Waals surface area contributed by atoms with E-state index >= 15 is 0 Å². The fourth-order valence-corrected chi connectivity index (χ4v) is 4.87. The van der Waals surface area contributed by atoms with Crippen molar-refractivity contribution in [2.45, 2.75) is 44.1 Å². The Morgan fingerprint density at radius 3 is 1.67 bits per heavy atom. The Morgan fingerprint density at radius 2 is 1.10 bits per heavy atom. The van der Waals surface area contributed by atoms with E-state index in [0.29, 0.717) is 24.3 Å². The van der Waals surface area contributed by atoms with Crippen molar-refractivity contribution in [2.75, 3.05) is 5.32 Å². The molecule has 5 nitrogen and oxygen atoms in total. The summed E-state index contributed by atoms with van der Waals surface area (Å²) in [7, 11) is 0. The van der Waals surface area contributed by atoms with Crippen LogP contribution in [0, 0.1) is 0 Å². The van der Waals surface area contributed by atoms with E-state index in [1.165, 1.54) is 0 Å². The minimum atomic E-state index is -1.14. The van der Waals surface area contributed by atoms with Gasteiger partial charge in [0.2, 0.25) is 11.8 Å². The number of unbranched alkanes of at least 4 members (excludes halogenated alkanes) is 3. The Labute approximate surface area is 235 Å². The summed E-state index contributed by atoms with van der Waals surface area (Å²) < 4.78 is 0. The molecule has 0 atom stereocenters. The van der Waals surface area contributed by atoms with Crippen LogP contribution < -0.4 is 10.8 Å². The first-order valence-corrected chi connectivity index (χ1v) is 13.6. The highest BCUT2D eigenvalue weighted by molar-refractivity contribution is 6.31. The van der Waals surface area contributed by atoms with Crippen LogP contribution in [0.3, 0.4) is 0 Å². The van der Waals surface area contributed by atoms with Crippen molar-refractivity contribution in [3.05, 3.63) is 137 Å². The zero-order chi connectivity index (χ0) is 27.3. The molecule has 0 aliphatic heterocycles. The lowest BCUT2D eigenvalue weighted by atomic mass is 9.80. The largest absolute Gasteiger partial charge is 0.326 e. The SMILES string of the molecule is O=C(CCCCCCC(=O)Nc1ccccc1)NOC(c1ccccc1)(c1ccccc1)c1ccccc1Cl. The van der Waals surface area contributed by atoms with Crippen LogP contribution in [0.25, 0.3) is 0 Å². The van der Waals surface area contributed by atoms with Crippen molar-refractivity contribution in [1.82, 2.24) is 5.48 Å². The molecule has 0 aliphatic carbocycles. The molecule has 4 aromatic rings. The number of halogens is 1. The molecule has 0 heterocycles. The fourth-order valence-electron chi connectivity index (χ4n) is 4.60.